The molecule has 0 amide bonds. The number of hydrogen-bond donors (Lipinski definition) is 0. The van der Waals surface area contributed by atoms with E-state index in [1.54, 1.807) is 0 Å². The number of hydrogen-bond acceptors (Lipinski definition) is 3. The van der Waals surface area contributed by atoms with Crippen molar-refractivity contribution in [3.63, 3.8) is 0 Å². The van der Waals surface area contributed by atoms with Crippen molar-refractivity contribution in [1.29, 1.82) is 0 Å². The minimum absolute atomic E-state index is 0.944. The van der Waals surface area contributed by atoms with Crippen LogP contribution in [0.5, 0.6) is 0 Å². The molecule has 0 saturated carbocycles. The second-order valence-electron chi connectivity index (χ2n) is 9.71. The summed E-state index contributed by atoms with van der Waals surface area (Å²) in [4.78, 5) is 14.3. The third kappa shape index (κ3) is 2.15. The standard InChI is InChI=1S/C31H18N4/c1-2-5-21-17(4-1)12-19-15-25-20(14-24(19)21)13-18-7-8-26-30(28(18)25)35-27-16-32-11-9-22(27)29-23(31(35)34-26)6-3-10-33-29/h1-11,14-16H,12-13H2. The lowest BCUT2D eigenvalue weighted by Crippen LogP contribution is -1.95. The summed E-state index contributed by atoms with van der Waals surface area (Å²) in [6.07, 6.45) is 7.61. The van der Waals surface area contributed by atoms with Crippen molar-refractivity contribution in [3.8, 4) is 22.3 Å². The van der Waals surface area contributed by atoms with Gasteiger partial charge in [0.2, 0.25) is 0 Å². The fourth-order valence-electron chi connectivity index (χ4n) is 6.45. The highest BCUT2D eigenvalue weighted by molar-refractivity contribution is 6.13. The van der Waals surface area contributed by atoms with E-state index in [2.05, 4.69) is 70.0 Å². The fraction of sp³-hybridized carbons (Fsp3) is 0.0645. The molecular weight excluding hydrogens is 428 g/mol. The Balaban J connectivity index is 1.43. The van der Waals surface area contributed by atoms with Crippen LogP contribution < -0.4 is 0 Å². The van der Waals surface area contributed by atoms with Crippen LogP contribution in [0, 0.1) is 0 Å². The van der Waals surface area contributed by atoms with Crippen LogP contribution in [0.25, 0.3) is 60.7 Å². The van der Waals surface area contributed by atoms with Crippen molar-refractivity contribution >= 4 is 38.5 Å². The van der Waals surface area contributed by atoms with E-state index >= 15 is 0 Å². The van der Waals surface area contributed by atoms with Crippen molar-refractivity contribution in [2.75, 3.05) is 0 Å². The number of nitrogens with zero attached hydrogens (tertiary/aromatic N) is 4. The highest BCUT2D eigenvalue weighted by Crippen LogP contribution is 2.47. The molecule has 162 valence electrons. The van der Waals surface area contributed by atoms with Crippen molar-refractivity contribution in [2.45, 2.75) is 12.8 Å². The van der Waals surface area contributed by atoms with E-state index in [4.69, 9.17) is 9.97 Å². The molecule has 0 unspecified atom stereocenters. The molecule has 9 rings (SSSR count). The predicted molar refractivity (Wildman–Crippen MR) is 140 cm³/mol. The lowest BCUT2D eigenvalue weighted by molar-refractivity contribution is 1.24. The monoisotopic (exact) mass is 446 g/mol. The van der Waals surface area contributed by atoms with E-state index < -0.39 is 0 Å². The van der Waals surface area contributed by atoms with Gasteiger partial charge in [0.05, 0.1) is 28.3 Å². The summed E-state index contributed by atoms with van der Waals surface area (Å²) in [5, 5.41) is 2.17. The Morgan fingerprint density at radius 1 is 0.686 bits per heavy atom. The molecule has 0 saturated heterocycles. The van der Waals surface area contributed by atoms with Crippen LogP contribution in [-0.4, -0.2) is 19.4 Å². The number of aromatic nitrogens is 4. The van der Waals surface area contributed by atoms with Gasteiger partial charge in [0.15, 0.2) is 0 Å². The van der Waals surface area contributed by atoms with Crippen LogP contribution >= 0.6 is 0 Å². The molecule has 7 aromatic rings. The van der Waals surface area contributed by atoms with E-state index in [9.17, 15) is 0 Å². The van der Waals surface area contributed by atoms with Crippen LogP contribution in [0.4, 0.5) is 0 Å². The summed E-state index contributed by atoms with van der Waals surface area (Å²) in [5.74, 6) is 0. The van der Waals surface area contributed by atoms with Crippen LogP contribution in [0.2, 0.25) is 0 Å². The van der Waals surface area contributed by atoms with Crippen LogP contribution in [0.15, 0.2) is 85.3 Å². The average molecular weight is 447 g/mol. The molecule has 0 aliphatic heterocycles. The molecule has 0 atom stereocenters. The number of rotatable bonds is 0. The molecule has 0 N–H and O–H groups in total. The first-order valence-corrected chi connectivity index (χ1v) is 12.0. The normalized spacial score (nSPS) is 13.5. The molecule has 4 aromatic heterocycles. The molecule has 0 spiro atoms. The topological polar surface area (TPSA) is 43.1 Å². The molecule has 2 aliphatic carbocycles. The van der Waals surface area contributed by atoms with Gasteiger partial charge in [-0.05, 0) is 88.2 Å². The minimum Gasteiger partial charge on any atom is -0.289 e. The Kier molecular flexibility index (Phi) is 3.11. The number of pyridine rings is 3. The molecule has 4 heterocycles. The maximum absolute atomic E-state index is 5.14. The molecule has 35 heavy (non-hydrogen) atoms. The Morgan fingerprint density at radius 2 is 1.57 bits per heavy atom. The van der Waals surface area contributed by atoms with Gasteiger partial charge in [-0.3, -0.25) is 14.4 Å². The Morgan fingerprint density at radius 3 is 2.57 bits per heavy atom. The van der Waals surface area contributed by atoms with Crippen LogP contribution in [-0.2, 0) is 12.8 Å². The summed E-state index contributed by atoms with van der Waals surface area (Å²) in [7, 11) is 0. The average Bonchev–Trinajstić information content (AvgIpc) is 3.58. The first-order valence-electron chi connectivity index (χ1n) is 12.0. The summed E-state index contributed by atoms with van der Waals surface area (Å²) >= 11 is 0. The third-order valence-electron chi connectivity index (χ3n) is 7.92. The van der Waals surface area contributed by atoms with Crippen molar-refractivity contribution in [1.82, 2.24) is 19.4 Å². The zero-order valence-corrected chi connectivity index (χ0v) is 18.8. The second kappa shape index (κ2) is 6.10. The summed E-state index contributed by atoms with van der Waals surface area (Å²) < 4.78 is 2.32. The fourth-order valence-corrected chi connectivity index (χ4v) is 6.45. The Labute approximate surface area is 200 Å². The first-order chi connectivity index (χ1) is 17.3. The molecule has 3 aromatic carbocycles. The van der Waals surface area contributed by atoms with E-state index in [0.717, 1.165) is 45.8 Å². The lowest BCUT2D eigenvalue weighted by Gasteiger charge is -2.10. The van der Waals surface area contributed by atoms with Gasteiger partial charge in [-0.2, -0.15) is 0 Å². The maximum atomic E-state index is 5.14. The summed E-state index contributed by atoms with van der Waals surface area (Å²) in [6, 6.07) is 24.3. The number of benzene rings is 3. The van der Waals surface area contributed by atoms with E-state index in [-0.39, 0.29) is 0 Å². The van der Waals surface area contributed by atoms with Gasteiger partial charge in [0.1, 0.15) is 5.65 Å². The highest BCUT2D eigenvalue weighted by atomic mass is 15.0. The maximum Gasteiger partial charge on any atom is 0.148 e. The quantitative estimate of drug-likeness (QED) is 0.243. The molecule has 0 fully saturated rings. The van der Waals surface area contributed by atoms with E-state index in [1.807, 2.05) is 24.7 Å². The molecule has 4 nitrogen and oxygen atoms in total. The van der Waals surface area contributed by atoms with Gasteiger partial charge < -0.3 is 0 Å². The second-order valence-corrected chi connectivity index (χ2v) is 9.71. The zero-order valence-electron chi connectivity index (χ0n) is 18.8. The lowest BCUT2D eigenvalue weighted by atomic mass is 9.97. The van der Waals surface area contributed by atoms with Gasteiger partial charge >= 0.3 is 0 Å². The minimum atomic E-state index is 0.944. The third-order valence-corrected chi connectivity index (χ3v) is 7.92. The summed E-state index contributed by atoms with van der Waals surface area (Å²) in [6.45, 7) is 0. The van der Waals surface area contributed by atoms with Gasteiger partial charge in [-0.1, -0.05) is 30.3 Å². The molecule has 0 bridgehead atoms. The smallest absolute Gasteiger partial charge is 0.148 e. The molecule has 4 heteroatoms. The Hall–Kier alpha value is -4.57. The van der Waals surface area contributed by atoms with Crippen molar-refractivity contribution < 1.29 is 0 Å². The van der Waals surface area contributed by atoms with Gasteiger partial charge in [0.25, 0.3) is 0 Å². The van der Waals surface area contributed by atoms with Crippen molar-refractivity contribution in [3.05, 3.63) is 108 Å². The van der Waals surface area contributed by atoms with E-state index in [1.165, 1.54) is 50.0 Å². The van der Waals surface area contributed by atoms with Gasteiger partial charge in [0, 0.05) is 28.7 Å². The van der Waals surface area contributed by atoms with Crippen molar-refractivity contribution in [2.24, 2.45) is 0 Å². The summed E-state index contributed by atoms with van der Waals surface area (Å²) in [5.41, 5.74) is 16.2. The number of imidazole rings is 1. The molecule has 2 aliphatic rings. The van der Waals surface area contributed by atoms with Gasteiger partial charge in [-0.15, -0.1) is 0 Å². The first kappa shape index (κ1) is 17.8. The van der Waals surface area contributed by atoms with E-state index in [0.29, 0.717) is 0 Å². The highest BCUT2D eigenvalue weighted by Gasteiger charge is 2.28. The Bertz CT molecular complexity index is 2070. The SMILES string of the molecule is c1ccc2c(c1)Cc1cc3c(cc1-2)Cc1ccc2nc4c5cccnc5c5ccncc5n4c2c1-3. The largest absolute Gasteiger partial charge is 0.289 e. The molecule has 0 radical (unpaired) electrons. The number of fused-ring (bicyclic) bond motifs is 15. The molecular formula is C31H18N4. The predicted octanol–water partition coefficient (Wildman–Crippen LogP) is 6.73. The van der Waals surface area contributed by atoms with Crippen LogP contribution in [0.3, 0.4) is 0 Å². The zero-order chi connectivity index (χ0) is 22.7. The van der Waals surface area contributed by atoms with Gasteiger partial charge in [-0.25, -0.2) is 4.98 Å². The van der Waals surface area contributed by atoms with Crippen LogP contribution in [0.1, 0.15) is 22.3 Å².